The van der Waals surface area contributed by atoms with Gasteiger partial charge in [-0.3, -0.25) is 9.59 Å². The van der Waals surface area contributed by atoms with E-state index in [0.29, 0.717) is 12.3 Å². The van der Waals surface area contributed by atoms with Crippen LogP contribution in [0, 0.1) is 0 Å². The molecule has 1 aliphatic heterocycles. The molecule has 2 aromatic rings. The van der Waals surface area contributed by atoms with Crippen LogP contribution in [-0.2, 0) is 16.1 Å². The summed E-state index contributed by atoms with van der Waals surface area (Å²) in [5.41, 5.74) is 1.56. The third-order valence-electron chi connectivity index (χ3n) is 4.32. The minimum atomic E-state index is -0.243. The fraction of sp³-hybridized carbons (Fsp3) is 0.444. The van der Waals surface area contributed by atoms with Crippen molar-refractivity contribution in [2.75, 3.05) is 18.6 Å². The number of hydrogen-bond donors (Lipinski definition) is 1. The lowest BCUT2D eigenvalue weighted by atomic mass is 10.2. The largest absolute Gasteiger partial charge is 0.495 e. The molecule has 1 aliphatic rings. The SMILES string of the molecule is COc1ccccc1N1C[C@@H](NC(=O)Cn2cc(C(C)C)nn2)CC1=O. The first-order chi connectivity index (χ1) is 12.5. The summed E-state index contributed by atoms with van der Waals surface area (Å²) in [6.45, 7) is 4.54. The van der Waals surface area contributed by atoms with Crippen molar-refractivity contribution in [2.24, 2.45) is 0 Å². The van der Waals surface area contributed by atoms with Crippen LogP contribution in [0.1, 0.15) is 31.9 Å². The van der Waals surface area contributed by atoms with Crippen molar-refractivity contribution in [1.29, 1.82) is 0 Å². The van der Waals surface area contributed by atoms with Crippen molar-refractivity contribution in [1.82, 2.24) is 20.3 Å². The fourth-order valence-corrected chi connectivity index (χ4v) is 2.97. The number of methoxy groups -OCH3 is 1. The van der Waals surface area contributed by atoms with E-state index >= 15 is 0 Å². The van der Waals surface area contributed by atoms with Gasteiger partial charge < -0.3 is 15.0 Å². The Morgan fingerprint density at radius 2 is 2.15 bits per heavy atom. The molecule has 0 radical (unpaired) electrons. The van der Waals surface area contributed by atoms with E-state index < -0.39 is 0 Å². The molecule has 2 heterocycles. The highest BCUT2D eigenvalue weighted by Crippen LogP contribution is 2.30. The number of para-hydroxylation sites is 2. The Labute approximate surface area is 152 Å². The van der Waals surface area contributed by atoms with Crippen LogP contribution in [-0.4, -0.2) is 46.5 Å². The van der Waals surface area contributed by atoms with Gasteiger partial charge >= 0.3 is 0 Å². The molecule has 0 saturated carbocycles. The van der Waals surface area contributed by atoms with Gasteiger partial charge in [0.15, 0.2) is 0 Å². The van der Waals surface area contributed by atoms with Crippen molar-refractivity contribution in [2.45, 2.75) is 38.8 Å². The molecule has 1 N–H and O–H groups in total. The van der Waals surface area contributed by atoms with Crippen LogP contribution < -0.4 is 15.0 Å². The molecular formula is C18H23N5O3. The fourth-order valence-electron chi connectivity index (χ4n) is 2.97. The number of nitrogens with zero attached hydrogens (tertiary/aromatic N) is 4. The number of ether oxygens (including phenoxy) is 1. The second-order valence-corrected chi connectivity index (χ2v) is 6.64. The molecule has 0 unspecified atom stereocenters. The van der Waals surface area contributed by atoms with E-state index in [0.717, 1.165) is 11.4 Å². The Balaban J connectivity index is 1.61. The number of hydrogen-bond acceptors (Lipinski definition) is 5. The van der Waals surface area contributed by atoms with Gasteiger partial charge in [-0.15, -0.1) is 5.10 Å². The van der Waals surface area contributed by atoms with Gasteiger partial charge in [0.2, 0.25) is 11.8 Å². The van der Waals surface area contributed by atoms with Gasteiger partial charge in [0.25, 0.3) is 0 Å². The van der Waals surface area contributed by atoms with Crippen molar-refractivity contribution >= 4 is 17.5 Å². The number of benzene rings is 1. The number of carbonyl (C=O) groups is 2. The lowest BCUT2D eigenvalue weighted by Crippen LogP contribution is -2.39. The van der Waals surface area contributed by atoms with Gasteiger partial charge in [0.1, 0.15) is 12.3 Å². The standard InChI is InChI=1S/C18H23N5O3/c1-12(2)14-10-22(21-20-14)11-17(24)19-13-8-18(25)23(9-13)15-6-4-5-7-16(15)26-3/h4-7,10,12-13H,8-9,11H2,1-3H3,(H,19,24)/t13-/m0/s1. The van der Waals surface area contributed by atoms with Gasteiger partial charge in [0.05, 0.1) is 24.5 Å². The van der Waals surface area contributed by atoms with Crippen LogP contribution in [0.2, 0.25) is 0 Å². The number of anilines is 1. The zero-order valence-corrected chi connectivity index (χ0v) is 15.2. The minimum absolute atomic E-state index is 0.0392. The van der Waals surface area contributed by atoms with E-state index in [1.54, 1.807) is 18.2 Å². The first-order valence-electron chi connectivity index (χ1n) is 8.60. The molecule has 3 rings (SSSR count). The lowest BCUT2D eigenvalue weighted by molar-refractivity contribution is -0.122. The zero-order valence-electron chi connectivity index (χ0n) is 15.2. The number of rotatable bonds is 6. The van der Waals surface area contributed by atoms with Crippen LogP contribution in [0.15, 0.2) is 30.5 Å². The Morgan fingerprint density at radius 3 is 2.85 bits per heavy atom. The topological polar surface area (TPSA) is 89.3 Å². The Hall–Kier alpha value is -2.90. The highest BCUT2D eigenvalue weighted by Gasteiger charge is 2.33. The Kier molecular flexibility index (Phi) is 5.20. The van der Waals surface area contributed by atoms with Gasteiger partial charge in [-0.2, -0.15) is 0 Å². The van der Waals surface area contributed by atoms with E-state index in [-0.39, 0.29) is 36.7 Å². The highest BCUT2D eigenvalue weighted by atomic mass is 16.5. The molecule has 1 atom stereocenters. The predicted octanol–water partition coefficient (Wildman–Crippen LogP) is 1.33. The van der Waals surface area contributed by atoms with E-state index in [9.17, 15) is 9.59 Å². The van der Waals surface area contributed by atoms with Crippen molar-refractivity contribution in [3.8, 4) is 5.75 Å². The van der Waals surface area contributed by atoms with E-state index in [4.69, 9.17) is 4.74 Å². The Morgan fingerprint density at radius 1 is 1.38 bits per heavy atom. The highest BCUT2D eigenvalue weighted by molar-refractivity contribution is 5.98. The van der Waals surface area contributed by atoms with E-state index in [1.165, 1.54) is 4.68 Å². The maximum atomic E-state index is 12.4. The molecule has 2 amide bonds. The molecule has 138 valence electrons. The normalized spacial score (nSPS) is 17.0. The number of nitrogens with one attached hydrogen (secondary N) is 1. The van der Waals surface area contributed by atoms with Gasteiger partial charge in [-0.1, -0.05) is 31.2 Å². The van der Waals surface area contributed by atoms with Gasteiger partial charge in [-0.25, -0.2) is 4.68 Å². The second-order valence-electron chi connectivity index (χ2n) is 6.64. The predicted molar refractivity (Wildman–Crippen MR) is 96.0 cm³/mol. The molecule has 8 nitrogen and oxygen atoms in total. The summed E-state index contributed by atoms with van der Waals surface area (Å²) >= 11 is 0. The van der Waals surface area contributed by atoms with Crippen LogP contribution in [0.3, 0.4) is 0 Å². The van der Waals surface area contributed by atoms with Gasteiger partial charge in [0, 0.05) is 19.2 Å². The van der Waals surface area contributed by atoms with E-state index in [2.05, 4.69) is 15.6 Å². The maximum absolute atomic E-state index is 12.4. The summed E-state index contributed by atoms with van der Waals surface area (Å²) in [6, 6.07) is 7.11. The third-order valence-corrected chi connectivity index (χ3v) is 4.32. The summed E-state index contributed by atoms with van der Waals surface area (Å²) < 4.78 is 6.84. The molecule has 1 aromatic heterocycles. The van der Waals surface area contributed by atoms with Gasteiger partial charge in [-0.05, 0) is 18.1 Å². The molecule has 1 saturated heterocycles. The molecule has 0 spiro atoms. The van der Waals surface area contributed by atoms with E-state index in [1.807, 2.05) is 38.1 Å². The third kappa shape index (κ3) is 3.84. The van der Waals surface area contributed by atoms with Crippen LogP contribution >= 0.6 is 0 Å². The van der Waals surface area contributed by atoms with Crippen molar-refractivity contribution < 1.29 is 14.3 Å². The average Bonchev–Trinajstić information content (AvgIpc) is 3.21. The molecule has 8 heteroatoms. The van der Waals surface area contributed by atoms with Crippen LogP contribution in [0.25, 0.3) is 0 Å². The number of aromatic nitrogens is 3. The molecule has 1 aromatic carbocycles. The second kappa shape index (κ2) is 7.55. The molecule has 0 bridgehead atoms. The average molecular weight is 357 g/mol. The molecule has 0 aliphatic carbocycles. The first-order valence-corrected chi connectivity index (χ1v) is 8.60. The monoisotopic (exact) mass is 357 g/mol. The quantitative estimate of drug-likeness (QED) is 0.842. The number of carbonyl (C=O) groups excluding carboxylic acids is 2. The first kappa shape index (κ1) is 17.9. The number of amides is 2. The minimum Gasteiger partial charge on any atom is -0.495 e. The molecule has 26 heavy (non-hydrogen) atoms. The molecular weight excluding hydrogens is 334 g/mol. The summed E-state index contributed by atoms with van der Waals surface area (Å²) in [6.07, 6.45) is 2.03. The molecule has 1 fully saturated rings. The summed E-state index contributed by atoms with van der Waals surface area (Å²) in [5.74, 6) is 0.665. The van der Waals surface area contributed by atoms with Crippen molar-refractivity contribution in [3.05, 3.63) is 36.2 Å². The van der Waals surface area contributed by atoms with Crippen LogP contribution in [0.5, 0.6) is 5.75 Å². The summed E-state index contributed by atoms with van der Waals surface area (Å²) in [7, 11) is 1.57. The lowest BCUT2D eigenvalue weighted by Gasteiger charge is -2.19. The maximum Gasteiger partial charge on any atom is 0.242 e. The van der Waals surface area contributed by atoms with Crippen molar-refractivity contribution in [3.63, 3.8) is 0 Å². The smallest absolute Gasteiger partial charge is 0.242 e. The van der Waals surface area contributed by atoms with Crippen LogP contribution in [0.4, 0.5) is 5.69 Å². The zero-order chi connectivity index (χ0) is 18.7. The Bertz CT molecular complexity index is 802. The summed E-state index contributed by atoms with van der Waals surface area (Å²) in [5, 5.41) is 10.9. The summed E-state index contributed by atoms with van der Waals surface area (Å²) in [4.78, 5) is 26.3.